The van der Waals surface area contributed by atoms with E-state index in [1.807, 2.05) is 79.0 Å². The molecular weight excluding hydrogens is 500 g/mol. The average molecular weight is 521 g/mol. The van der Waals surface area contributed by atoms with Crippen molar-refractivity contribution in [3.05, 3.63) is 92.6 Å². The molecular formula is C26H21BrN2O3S. The Morgan fingerprint density at radius 3 is 2.79 bits per heavy atom. The molecule has 1 atom stereocenters. The number of thiophene rings is 1. The lowest BCUT2D eigenvalue weighted by Crippen LogP contribution is -2.39. The highest BCUT2D eigenvalue weighted by molar-refractivity contribution is 9.10. The smallest absolute Gasteiger partial charge is 0.259 e. The van der Waals surface area contributed by atoms with Gasteiger partial charge in [0.2, 0.25) is 5.91 Å². The molecule has 1 N–H and O–H groups in total. The second-order valence-electron chi connectivity index (χ2n) is 7.72. The lowest BCUT2D eigenvalue weighted by molar-refractivity contribution is -0.117. The fourth-order valence-electron chi connectivity index (χ4n) is 4.31. The number of rotatable bonds is 4. The first-order valence-corrected chi connectivity index (χ1v) is 12.3. The van der Waals surface area contributed by atoms with Gasteiger partial charge in [0.25, 0.3) is 5.91 Å². The Hall–Kier alpha value is -3.16. The lowest BCUT2D eigenvalue weighted by atomic mass is 9.98. The summed E-state index contributed by atoms with van der Waals surface area (Å²) in [5, 5.41) is 6.71. The van der Waals surface area contributed by atoms with Crippen molar-refractivity contribution in [1.29, 1.82) is 0 Å². The Bertz CT molecular complexity index is 1350. The van der Waals surface area contributed by atoms with E-state index in [2.05, 4.69) is 21.2 Å². The molecule has 1 aromatic heterocycles. The average Bonchev–Trinajstić information content (AvgIpc) is 3.29. The zero-order valence-corrected chi connectivity index (χ0v) is 20.3. The Labute approximate surface area is 204 Å². The van der Waals surface area contributed by atoms with Crippen LogP contribution in [0, 0.1) is 0 Å². The van der Waals surface area contributed by atoms with Crippen molar-refractivity contribution in [2.45, 2.75) is 13.0 Å². The molecule has 0 fully saturated rings. The quantitative estimate of drug-likeness (QED) is 0.346. The molecule has 7 heteroatoms. The number of halogens is 1. The summed E-state index contributed by atoms with van der Waals surface area (Å²) in [7, 11) is 0. The summed E-state index contributed by atoms with van der Waals surface area (Å²) in [6.45, 7) is 2.26. The molecule has 1 aliphatic rings. The lowest BCUT2D eigenvalue weighted by Gasteiger charge is -2.30. The number of carbonyl (C=O) groups is 2. The van der Waals surface area contributed by atoms with Crippen molar-refractivity contribution in [3.8, 4) is 5.75 Å². The van der Waals surface area contributed by atoms with E-state index >= 15 is 0 Å². The van der Waals surface area contributed by atoms with Crippen LogP contribution >= 0.6 is 27.3 Å². The van der Waals surface area contributed by atoms with Crippen LogP contribution in [0.2, 0.25) is 0 Å². The monoisotopic (exact) mass is 520 g/mol. The summed E-state index contributed by atoms with van der Waals surface area (Å²) < 4.78 is 6.76. The van der Waals surface area contributed by atoms with Gasteiger partial charge in [-0.1, -0.05) is 52.3 Å². The molecule has 2 amide bonds. The number of nitrogens with zero attached hydrogens (tertiary/aromatic N) is 1. The van der Waals surface area contributed by atoms with Crippen LogP contribution in [0.4, 0.5) is 5.69 Å². The molecule has 0 saturated heterocycles. The normalized spacial score (nSPS) is 15.6. The van der Waals surface area contributed by atoms with Crippen LogP contribution in [0.3, 0.4) is 0 Å². The summed E-state index contributed by atoms with van der Waals surface area (Å²) in [6, 6.07) is 20.8. The molecule has 1 aliphatic heterocycles. The number of hydrogen-bond donors (Lipinski definition) is 1. The Balaban J connectivity index is 1.73. The van der Waals surface area contributed by atoms with E-state index < -0.39 is 6.04 Å². The first-order valence-electron chi connectivity index (χ1n) is 10.6. The zero-order valence-electron chi connectivity index (χ0n) is 17.9. The Morgan fingerprint density at radius 2 is 2.00 bits per heavy atom. The molecule has 0 saturated carbocycles. The van der Waals surface area contributed by atoms with Gasteiger partial charge in [-0.15, -0.1) is 11.3 Å². The Kier molecular flexibility index (Phi) is 5.91. The third-order valence-electron chi connectivity index (χ3n) is 5.69. The van der Waals surface area contributed by atoms with Gasteiger partial charge in [0.05, 0.1) is 18.2 Å². The second kappa shape index (κ2) is 9.00. The number of ether oxygens (including phenoxy) is 1. The van der Waals surface area contributed by atoms with Crippen LogP contribution in [0.15, 0.2) is 76.6 Å². The molecule has 33 heavy (non-hydrogen) atoms. The van der Waals surface area contributed by atoms with Crippen molar-refractivity contribution in [2.24, 2.45) is 0 Å². The van der Waals surface area contributed by atoms with Crippen molar-refractivity contribution in [1.82, 2.24) is 4.90 Å². The minimum Gasteiger partial charge on any atom is -0.493 e. The topological polar surface area (TPSA) is 58.6 Å². The summed E-state index contributed by atoms with van der Waals surface area (Å²) in [5.74, 6) is 0.0473. The third-order valence-corrected chi connectivity index (χ3v) is 7.10. The molecule has 5 nitrogen and oxygen atoms in total. The van der Waals surface area contributed by atoms with E-state index in [-0.39, 0.29) is 18.4 Å². The van der Waals surface area contributed by atoms with E-state index in [1.54, 1.807) is 16.2 Å². The molecule has 0 aliphatic carbocycles. The number of fused-ring (bicyclic) bond motifs is 2. The van der Waals surface area contributed by atoms with E-state index in [4.69, 9.17) is 4.74 Å². The number of amides is 2. The highest BCUT2D eigenvalue weighted by Crippen LogP contribution is 2.41. The van der Waals surface area contributed by atoms with Crippen LogP contribution in [-0.2, 0) is 4.79 Å². The van der Waals surface area contributed by atoms with Crippen LogP contribution in [0.25, 0.3) is 10.8 Å². The van der Waals surface area contributed by atoms with Gasteiger partial charge in [-0.25, -0.2) is 0 Å². The van der Waals surface area contributed by atoms with E-state index in [0.29, 0.717) is 23.6 Å². The fraction of sp³-hybridized carbons (Fsp3) is 0.154. The Morgan fingerprint density at radius 1 is 1.15 bits per heavy atom. The van der Waals surface area contributed by atoms with Crippen molar-refractivity contribution in [2.75, 3.05) is 18.5 Å². The largest absolute Gasteiger partial charge is 0.493 e. The number of carbonyl (C=O) groups excluding carboxylic acids is 2. The number of anilines is 1. The van der Waals surface area contributed by atoms with Crippen LogP contribution < -0.4 is 10.1 Å². The van der Waals surface area contributed by atoms with Gasteiger partial charge < -0.3 is 15.0 Å². The molecule has 166 valence electrons. The summed E-state index contributed by atoms with van der Waals surface area (Å²) in [5.41, 5.74) is 2.05. The summed E-state index contributed by atoms with van der Waals surface area (Å²) in [4.78, 5) is 29.8. The predicted octanol–water partition coefficient (Wildman–Crippen LogP) is 6.25. The van der Waals surface area contributed by atoms with Gasteiger partial charge in [-0.05, 0) is 53.4 Å². The van der Waals surface area contributed by atoms with Gasteiger partial charge >= 0.3 is 0 Å². The third kappa shape index (κ3) is 4.03. The van der Waals surface area contributed by atoms with Crippen LogP contribution in [0.5, 0.6) is 5.75 Å². The van der Waals surface area contributed by atoms with E-state index in [1.165, 1.54) is 0 Å². The molecule has 5 rings (SSSR count). The van der Waals surface area contributed by atoms with Crippen LogP contribution in [0.1, 0.15) is 33.8 Å². The number of hydrogen-bond acceptors (Lipinski definition) is 4. The maximum Gasteiger partial charge on any atom is 0.259 e. The highest BCUT2D eigenvalue weighted by Gasteiger charge is 2.36. The van der Waals surface area contributed by atoms with Gasteiger partial charge in [0, 0.05) is 20.6 Å². The minimum atomic E-state index is -0.419. The maximum absolute atomic E-state index is 14.3. The van der Waals surface area contributed by atoms with Gasteiger partial charge in [0.15, 0.2) is 0 Å². The zero-order chi connectivity index (χ0) is 22.9. The van der Waals surface area contributed by atoms with Crippen molar-refractivity contribution >= 4 is 55.5 Å². The van der Waals surface area contributed by atoms with Crippen LogP contribution in [-0.4, -0.2) is 29.9 Å². The first kappa shape index (κ1) is 21.7. The standard InChI is InChI=1S/C26H21BrN2O3S/c1-2-32-21-12-9-16-6-3-4-7-18(16)24(21)26(31)29-15-23(30)28-20-11-10-17(27)14-19(20)25(29)22-8-5-13-33-22/h3-14,25H,2,15H2,1H3,(H,28,30). The predicted molar refractivity (Wildman–Crippen MR) is 135 cm³/mol. The second-order valence-corrected chi connectivity index (χ2v) is 9.62. The van der Waals surface area contributed by atoms with Crippen molar-refractivity contribution in [3.63, 3.8) is 0 Å². The summed E-state index contributed by atoms with van der Waals surface area (Å²) in [6.07, 6.45) is 0. The van der Waals surface area contributed by atoms with E-state index in [0.717, 1.165) is 25.7 Å². The minimum absolute atomic E-state index is 0.0670. The molecule has 0 radical (unpaired) electrons. The number of benzene rings is 3. The molecule has 2 heterocycles. The molecule has 0 bridgehead atoms. The van der Waals surface area contributed by atoms with Crippen molar-refractivity contribution < 1.29 is 14.3 Å². The molecule has 3 aromatic carbocycles. The summed E-state index contributed by atoms with van der Waals surface area (Å²) >= 11 is 5.12. The van der Waals surface area contributed by atoms with Gasteiger partial charge in [-0.3, -0.25) is 9.59 Å². The van der Waals surface area contributed by atoms with Gasteiger partial charge in [0.1, 0.15) is 12.3 Å². The molecule has 0 spiro atoms. The maximum atomic E-state index is 14.3. The first-order chi connectivity index (χ1) is 16.1. The molecule has 1 unspecified atom stereocenters. The van der Waals surface area contributed by atoms with E-state index in [9.17, 15) is 9.59 Å². The number of nitrogens with one attached hydrogen (secondary N) is 1. The van der Waals surface area contributed by atoms with Gasteiger partial charge in [-0.2, -0.15) is 0 Å². The SMILES string of the molecule is CCOc1ccc2ccccc2c1C(=O)N1CC(=O)Nc2ccc(Br)cc2C1c1cccs1. The fourth-order valence-corrected chi connectivity index (χ4v) is 5.54. The molecule has 4 aromatic rings. The highest BCUT2D eigenvalue weighted by atomic mass is 79.9.